The zero-order chi connectivity index (χ0) is 33.6. The van der Waals surface area contributed by atoms with Gasteiger partial charge in [0.2, 0.25) is 0 Å². The summed E-state index contributed by atoms with van der Waals surface area (Å²) in [6, 6.07) is 25.6. The van der Waals surface area contributed by atoms with E-state index in [2.05, 4.69) is 0 Å². The lowest BCUT2D eigenvalue weighted by molar-refractivity contribution is -0.206. The van der Waals surface area contributed by atoms with Gasteiger partial charge in [0.1, 0.15) is 12.1 Å². The van der Waals surface area contributed by atoms with Crippen LogP contribution in [-0.4, -0.2) is 72.1 Å². The minimum Gasteiger partial charge on any atom is -0.455 e. The van der Waals surface area contributed by atoms with E-state index in [1.165, 1.54) is 25.7 Å². The monoisotopic (exact) mass is 645 g/mol. The van der Waals surface area contributed by atoms with Gasteiger partial charge in [0.15, 0.2) is 30.0 Å². The minimum atomic E-state index is -1.59. The molecular formula is C36H39NO10. The van der Waals surface area contributed by atoms with Crippen molar-refractivity contribution in [1.29, 1.82) is 0 Å². The van der Waals surface area contributed by atoms with Gasteiger partial charge in [0, 0.05) is 27.4 Å². The van der Waals surface area contributed by atoms with Gasteiger partial charge in [-0.15, -0.1) is 0 Å². The van der Waals surface area contributed by atoms with Crippen molar-refractivity contribution in [3.63, 3.8) is 0 Å². The maximum Gasteiger partial charge on any atom is 0.411 e. The second-order valence-electron chi connectivity index (χ2n) is 11.5. The van der Waals surface area contributed by atoms with Crippen LogP contribution >= 0.6 is 0 Å². The average molecular weight is 646 g/mol. The van der Waals surface area contributed by atoms with Crippen LogP contribution in [0.3, 0.4) is 0 Å². The minimum absolute atomic E-state index is 0.118. The SMILES string of the molecule is CCO[C@]1(COCc2ccccc2)[C@H](OC(C)=O)[C@H](OC(C)=O)[C@H]2OC(=O)N([C@H](c3ccccc3)[C@@H](OC(C)=O)c3ccccc3)[C@H]21. The van der Waals surface area contributed by atoms with E-state index in [9.17, 15) is 19.2 Å². The molecule has 1 saturated heterocycles. The summed E-state index contributed by atoms with van der Waals surface area (Å²) in [7, 11) is 0. The Bertz CT molecular complexity index is 1540. The highest BCUT2D eigenvalue weighted by molar-refractivity contribution is 5.74. The third-order valence-corrected chi connectivity index (χ3v) is 8.26. The molecule has 0 N–H and O–H groups in total. The summed E-state index contributed by atoms with van der Waals surface area (Å²) in [6.45, 7) is 5.64. The Labute approximate surface area is 273 Å². The smallest absolute Gasteiger partial charge is 0.411 e. The summed E-state index contributed by atoms with van der Waals surface area (Å²) in [5.41, 5.74) is 0.555. The number of amides is 1. The van der Waals surface area contributed by atoms with E-state index >= 15 is 0 Å². The van der Waals surface area contributed by atoms with Crippen LogP contribution in [0, 0.1) is 0 Å². The molecule has 1 heterocycles. The van der Waals surface area contributed by atoms with Gasteiger partial charge in [0.05, 0.1) is 13.2 Å². The van der Waals surface area contributed by atoms with Gasteiger partial charge in [-0.05, 0) is 23.6 Å². The Hall–Kier alpha value is -4.74. The van der Waals surface area contributed by atoms with E-state index in [0.29, 0.717) is 11.1 Å². The van der Waals surface area contributed by atoms with Crippen molar-refractivity contribution in [3.05, 3.63) is 108 Å². The molecule has 0 spiro atoms. The molecule has 11 nitrogen and oxygen atoms in total. The molecule has 1 aliphatic heterocycles. The quantitative estimate of drug-likeness (QED) is 0.183. The number of benzene rings is 3. The summed E-state index contributed by atoms with van der Waals surface area (Å²) in [4.78, 5) is 53.4. The van der Waals surface area contributed by atoms with Gasteiger partial charge in [-0.25, -0.2) is 4.79 Å². The predicted molar refractivity (Wildman–Crippen MR) is 168 cm³/mol. The predicted octanol–water partition coefficient (Wildman–Crippen LogP) is 5.09. The maximum absolute atomic E-state index is 14.2. The van der Waals surface area contributed by atoms with E-state index in [4.69, 9.17) is 28.4 Å². The van der Waals surface area contributed by atoms with Crippen LogP contribution in [0.1, 0.15) is 56.5 Å². The van der Waals surface area contributed by atoms with Crippen molar-refractivity contribution in [2.45, 2.75) is 76.4 Å². The zero-order valence-corrected chi connectivity index (χ0v) is 26.8. The fourth-order valence-corrected chi connectivity index (χ4v) is 6.66. The van der Waals surface area contributed by atoms with E-state index in [-0.39, 0.29) is 19.8 Å². The van der Waals surface area contributed by atoms with E-state index < -0.39 is 66.1 Å². The molecule has 5 rings (SSSR count). The van der Waals surface area contributed by atoms with Crippen LogP contribution in [0.5, 0.6) is 0 Å². The number of fused-ring (bicyclic) bond motifs is 1. The molecule has 1 aliphatic carbocycles. The number of nitrogens with zero attached hydrogens (tertiary/aromatic N) is 1. The van der Waals surface area contributed by atoms with Crippen molar-refractivity contribution in [2.75, 3.05) is 13.2 Å². The molecule has 0 aromatic heterocycles. The molecule has 7 atom stereocenters. The van der Waals surface area contributed by atoms with Crippen molar-refractivity contribution < 1.29 is 47.6 Å². The average Bonchev–Trinajstić information content (AvgIpc) is 3.49. The first-order chi connectivity index (χ1) is 22.7. The fraction of sp³-hybridized carbons (Fsp3) is 0.389. The van der Waals surface area contributed by atoms with Crippen LogP contribution in [0.4, 0.5) is 4.79 Å². The van der Waals surface area contributed by atoms with Crippen molar-refractivity contribution in [2.24, 2.45) is 0 Å². The van der Waals surface area contributed by atoms with Gasteiger partial charge in [-0.2, -0.15) is 0 Å². The first-order valence-electron chi connectivity index (χ1n) is 15.5. The van der Waals surface area contributed by atoms with Crippen molar-refractivity contribution in [3.8, 4) is 0 Å². The molecule has 2 fully saturated rings. The Balaban J connectivity index is 1.69. The summed E-state index contributed by atoms with van der Waals surface area (Å²) in [5.74, 6) is -1.88. The van der Waals surface area contributed by atoms with Gasteiger partial charge in [-0.1, -0.05) is 91.0 Å². The summed E-state index contributed by atoms with van der Waals surface area (Å²) in [6.07, 6.45) is -5.35. The van der Waals surface area contributed by atoms with Crippen molar-refractivity contribution >= 4 is 24.0 Å². The zero-order valence-electron chi connectivity index (χ0n) is 26.8. The molecule has 248 valence electrons. The second-order valence-corrected chi connectivity index (χ2v) is 11.5. The summed E-state index contributed by atoms with van der Waals surface area (Å²) in [5, 5.41) is 0. The lowest BCUT2D eigenvalue weighted by Gasteiger charge is -2.44. The Morgan fingerprint density at radius 3 is 1.94 bits per heavy atom. The van der Waals surface area contributed by atoms with Crippen molar-refractivity contribution in [1.82, 2.24) is 4.90 Å². The number of carbonyl (C=O) groups is 4. The molecule has 0 unspecified atom stereocenters. The normalized spacial score (nSPS) is 24.5. The molecule has 0 bridgehead atoms. The lowest BCUT2D eigenvalue weighted by atomic mass is 9.88. The number of hydrogen-bond donors (Lipinski definition) is 0. The van der Waals surface area contributed by atoms with Crippen LogP contribution in [0.25, 0.3) is 0 Å². The van der Waals surface area contributed by atoms with E-state index in [0.717, 1.165) is 5.56 Å². The molecule has 3 aromatic carbocycles. The molecule has 1 saturated carbocycles. The van der Waals surface area contributed by atoms with Crippen LogP contribution in [-0.2, 0) is 49.4 Å². The number of esters is 3. The summed E-state index contributed by atoms with van der Waals surface area (Å²) < 4.78 is 36.4. The van der Waals surface area contributed by atoms with Gasteiger partial charge < -0.3 is 28.4 Å². The molecule has 3 aromatic rings. The van der Waals surface area contributed by atoms with E-state index in [1.807, 2.05) is 78.9 Å². The fourth-order valence-electron chi connectivity index (χ4n) is 6.66. The number of rotatable bonds is 13. The molecule has 11 heteroatoms. The highest BCUT2D eigenvalue weighted by atomic mass is 16.7. The first kappa shape index (κ1) is 33.6. The third kappa shape index (κ3) is 7.16. The largest absolute Gasteiger partial charge is 0.455 e. The Morgan fingerprint density at radius 2 is 1.38 bits per heavy atom. The van der Waals surface area contributed by atoms with E-state index in [1.54, 1.807) is 19.1 Å². The Morgan fingerprint density at radius 1 is 0.809 bits per heavy atom. The molecule has 47 heavy (non-hydrogen) atoms. The first-order valence-corrected chi connectivity index (χ1v) is 15.5. The van der Waals surface area contributed by atoms with Gasteiger partial charge in [-0.3, -0.25) is 19.3 Å². The highest BCUT2D eigenvalue weighted by Gasteiger charge is 2.73. The molecule has 1 amide bonds. The lowest BCUT2D eigenvalue weighted by Crippen LogP contribution is -2.61. The topological polar surface area (TPSA) is 127 Å². The second kappa shape index (κ2) is 14.8. The van der Waals surface area contributed by atoms with Gasteiger partial charge >= 0.3 is 24.0 Å². The molecule has 0 radical (unpaired) electrons. The molecule has 2 aliphatic rings. The third-order valence-electron chi connectivity index (χ3n) is 8.26. The van der Waals surface area contributed by atoms with Gasteiger partial charge in [0.25, 0.3) is 0 Å². The Kier molecular flexibility index (Phi) is 10.6. The highest BCUT2D eigenvalue weighted by Crippen LogP contribution is 2.51. The number of ether oxygens (including phenoxy) is 6. The summed E-state index contributed by atoms with van der Waals surface area (Å²) >= 11 is 0. The van der Waals surface area contributed by atoms with Crippen LogP contribution in [0.15, 0.2) is 91.0 Å². The van der Waals surface area contributed by atoms with Crippen LogP contribution < -0.4 is 0 Å². The molecular weight excluding hydrogens is 606 g/mol. The maximum atomic E-state index is 14.2. The number of hydrogen-bond acceptors (Lipinski definition) is 10. The standard InChI is InChI=1S/C36H39NO10/c1-5-43-36(22-42-21-26-15-9-6-10-16-26)33-31(32(45-24(3)39)34(36)46-25(4)40)47-35(41)37(33)29(27-17-11-7-12-18-27)30(44-23(2)38)28-19-13-8-14-20-28/h6-20,29-34H,5,21-22H2,1-4H3/t29-,30+,31-,32-,33-,34-,36+/m1/s1. The number of carbonyl (C=O) groups excluding carboxylic acids is 4. The van der Waals surface area contributed by atoms with Crippen LogP contribution in [0.2, 0.25) is 0 Å².